The number of aryl methyl sites for hydroxylation is 1. The zero-order valence-electron chi connectivity index (χ0n) is 26.6. The minimum atomic E-state index is -0.582. The van der Waals surface area contributed by atoms with Crippen molar-refractivity contribution in [1.29, 1.82) is 0 Å². The molecule has 9 heteroatoms. The average Bonchev–Trinajstić information content (AvgIpc) is 3.57. The maximum atomic E-state index is 13.9. The van der Waals surface area contributed by atoms with E-state index in [9.17, 15) is 14.4 Å². The van der Waals surface area contributed by atoms with Crippen LogP contribution in [0, 0.1) is 23.7 Å². The summed E-state index contributed by atoms with van der Waals surface area (Å²) in [5.41, 5.74) is 3.22. The molecule has 1 fully saturated rings. The Morgan fingerprint density at radius 2 is 1.80 bits per heavy atom. The topological polar surface area (TPSA) is 115 Å². The number of allylic oxidation sites excluding steroid dienone is 2. The van der Waals surface area contributed by atoms with E-state index in [0.717, 1.165) is 29.5 Å². The molecule has 0 unspecified atom stereocenters. The number of fused-ring (bicyclic) bond motifs is 5. The van der Waals surface area contributed by atoms with Crippen LogP contribution in [-0.2, 0) is 16.0 Å². The predicted molar refractivity (Wildman–Crippen MR) is 171 cm³/mol. The number of nitrogens with one attached hydrogen (secondary N) is 3. The quantitative estimate of drug-likeness (QED) is 0.309. The first-order valence-electron chi connectivity index (χ1n) is 15.7. The molecule has 44 heavy (non-hydrogen) atoms. The number of methoxy groups -OCH3 is 3. The Morgan fingerprint density at radius 1 is 1.02 bits per heavy atom. The van der Waals surface area contributed by atoms with E-state index in [1.165, 1.54) is 13.3 Å². The van der Waals surface area contributed by atoms with Crippen molar-refractivity contribution in [2.45, 2.75) is 65.0 Å². The van der Waals surface area contributed by atoms with Gasteiger partial charge in [-0.2, -0.15) is 0 Å². The van der Waals surface area contributed by atoms with Crippen molar-refractivity contribution in [1.82, 2.24) is 10.6 Å². The fourth-order valence-corrected chi connectivity index (χ4v) is 7.17. The Kier molecular flexibility index (Phi) is 9.51. The summed E-state index contributed by atoms with van der Waals surface area (Å²) in [5, 5.41) is 9.54. The first-order chi connectivity index (χ1) is 21.2. The molecule has 0 aliphatic heterocycles. The van der Waals surface area contributed by atoms with E-state index >= 15 is 0 Å². The van der Waals surface area contributed by atoms with Crippen molar-refractivity contribution in [3.05, 3.63) is 57.8 Å². The average molecular weight is 604 g/mol. The van der Waals surface area contributed by atoms with Crippen LogP contribution in [0.4, 0.5) is 5.69 Å². The molecule has 3 aliphatic rings. The molecule has 2 bridgehead atoms. The lowest BCUT2D eigenvalue weighted by Crippen LogP contribution is -2.46. The highest BCUT2D eigenvalue weighted by Gasteiger charge is 2.36. The summed E-state index contributed by atoms with van der Waals surface area (Å²) in [6.07, 6.45) is 8.85. The molecular formula is C35H45N3O6. The Hall–Kier alpha value is -4.01. The van der Waals surface area contributed by atoms with E-state index in [2.05, 4.69) is 28.1 Å². The van der Waals surface area contributed by atoms with Gasteiger partial charge in [0.25, 0.3) is 0 Å². The Morgan fingerprint density at radius 3 is 2.41 bits per heavy atom. The summed E-state index contributed by atoms with van der Waals surface area (Å²) in [4.78, 5) is 39.7. The van der Waals surface area contributed by atoms with Crippen molar-refractivity contribution >= 4 is 17.5 Å². The first kappa shape index (κ1) is 31.4. The number of carbonyl (C=O) groups is 2. The van der Waals surface area contributed by atoms with Crippen LogP contribution in [0.15, 0.2) is 41.2 Å². The molecule has 1 saturated carbocycles. The number of hydrogen-bond donors (Lipinski definition) is 3. The van der Waals surface area contributed by atoms with Crippen molar-refractivity contribution in [2.75, 3.05) is 33.2 Å². The van der Waals surface area contributed by atoms with E-state index in [1.54, 1.807) is 33.5 Å². The monoisotopic (exact) mass is 603 g/mol. The number of hydrogen-bond acceptors (Lipinski definition) is 7. The van der Waals surface area contributed by atoms with Gasteiger partial charge in [0.15, 0.2) is 11.5 Å². The van der Waals surface area contributed by atoms with E-state index in [1.807, 2.05) is 26.0 Å². The standard InChI is InChI=1S/C35H45N3O6/c1-7-19(2)32(35(41)36-18-24-15-21-8-9-22(24)14-21)38-28-13-11-25-26(17-29(28)40)27(37-20(3)39)12-10-23-16-30(42-4)33(43-5)34(44-6)31(23)25/h8-9,11,13,16-17,19,21-22,24,27,32H,7,10,12,14-15,18H2,1-6H3,(H,36,41)(H,37,39)(H,38,40)/t19-,21-,22-,24+,27+,32+/m1/s1. The van der Waals surface area contributed by atoms with Gasteiger partial charge in [-0.25, -0.2) is 0 Å². The van der Waals surface area contributed by atoms with Crippen LogP contribution in [-0.4, -0.2) is 45.7 Å². The second-order valence-electron chi connectivity index (χ2n) is 12.4. The molecule has 5 rings (SSSR count). The normalized spacial score (nSPS) is 22.6. The van der Waals surface area contributed by atoms with Gasteiger partial charge in [0.1, 0.15) is 6.04 Å². The van der Waals surface area contributed by atoms with E-state index < -0.39 is 12.1 Å². The summed E-state index contributed by atoms with van der Waals surface area (Å²) < 4.78 is 17.2. The molecule has 3 aliphatic carbocycles. The van der Waals surface area contributed by atoms with Gasteiger partial charge in [0, 0.05) is 19.0 Å². The van der Waals surface area contributed by atoms with Crippen molar-refractivity contribution in [3.8, 4) is 28.4 Å². The molecule has 0 heterocycles. The SMILES string of the molecule is CC[C@@H](C)[C@H](Nc1ccc2c(cc1=O)[C@@H](NC(C)=O)CCc1cc(OC)c(OC)c(OC)c1-2)C(=O)NC[C@@H]1C[C@@H]2C=C[C@@H]1C2. The maximum absolute atomic E-state index is 13.9. The third-order valence-corrected chi connectivity index (χ3v) is 9.68. The van der Waals surface area contributed by atoms with Gasteiger partial charge in [0.05, 0.1) is 33.1 Å². The maximum Gasteiger partial charge on any atom is 0.242 e. The van der Waals surface area contributed by atoms with Crippen LogP contribution < -0.4 is 35.6 Å². The summed E-state index contributed by atoms with van der Waals surface area (Å²) in [5.74, 6) is 2.83. The highest BCUT2D eigenvalue weighted by Crippen LogP contribution is 2.50. The number of rotatable bonds is 11. The number of ether oxygens (including phenoxy) is 3. The Labute approximate surface area is 259 Å². The first-order valence-corrected chi connectivity index (χ1v) is 15.7. The lowest BCUT2D eigenvalue weighted by molar-refractivity contribution is -0.123. The molecule has 2 amide bonds. The van der Waals surface area contributed by atoms with Crippen molar-refractivity contribution in [3.63, 3.8) is 0 Å². The molecule has 2 aromatic rings. The molecule has 2 aromatic carbocycles. The van der Waals surface area contributed by atoms with Crippen molar-refractivity contribution in [2.24, 2.45) is 23.7 Å². The van der Waals surface area contributed by atoms with Gasteiger partial charge in [-0.3, -0.25) is 14.4 Å². The minimum absolute atomic E-state index is 0.0117. The highest BCUT2D eigenvalue weighted by molar-refractivity contribution is 5.86. The van der Waals surface area contributed by atoms with Gasteiger partial charge in [0.2, 0.25) is 23.0 Å². The lowest BCUT2D eigenvalue weighted by Gasteiger charge is -2.26. The van der Waals surface area contributed by atoms with Gasteiger partial charge in [-0.05, 0) is 84.2 Å². The van der Waals surface area contributed by atoms with Gasteiger partial charge < -0.3 is 30.2 Å². The zero-order chi connectivity index (χ0) is 31.5. The molecule has 9 nitrogen and oxygen atoms in total. The Bertz CT molecular complexity index is 1500. The van der Waals surface area contributed by atoms with Gasteiger partial charge >= 0.3 is 0 Å². The molecule has 236 valence electrons. The van der Waals surface area contributed by atoms with Gasteiger partial charge in [-0.15, -0.1) is 0 Å². The number of amides is 2. The van der Waals surface area contributed by atoms with E-state index in [-0.39, 0.29) is 23.2 Å². The summed E-state index contributed by atoms with van der Waals surface area (Å²) in [7, 11) is 4.71. The largest absolute Gasteiger partial charge is 0.493 e. The zero-order valence-corrected chi connectivity index (χ0v) is 26.6. The third kappa shape index (κ3) is 6.14. The highest BCUT2D eigenvalue weighted by atomic mass is 16.5. The van der Waals surface area contributed by atoms with Crippen LogP contribution in [0.3, 0.4) is 0 Å². The van der Waals surface area contributed by atoms with Gasteiger partial charge in [-0.1, -0.05) is 38.5 Å². The number of carbonyl (C=O) groups excluding carboxylic acids is 2. The molecule has 0 spiro atoms. The summed E-state index contributed by atoms with van der Waals surface area (Å²) in [6.45, 7) is 6.18. The van der Waals surface area contributed by atoms with E-state index in [4.69, 9.17) is 14.2 Å². The predicted octanol–water partition coefficient (Wildman–Crippen LogP) is 5.02. The molecule has 6 atom stereocenters. The fourth-order valence-electron chi connectivity index (χ4n) is 7.17. The van der Waals surface area contributed by atoms with Crippen molar-refractivity contribution < 1.29 is 23.8 Å². The third-order valence-electron chi connectivity index (χ3n) is 9.68. The number of benzene rings is 1. The second kappa shape index (κ2) is 13.3. The van der Waals surface area contributed by atoms with Crippen LogP contribution in [0.2, 0.25) is 0 Å². The summed E-state index contributed by atoms with van der Waals surface area (Å²) >= 11 is 0. The second-order valence-corrected chi connectivity index (χ2v) is 12.4. The fraction of sp³-hybridized carbons (Fsp3) is 0.514. The molecule has 0 saturated heterocycles. The molecule has 0 aromatic heterocycles. The van der Waals surface area contributed by atoms with E-state index in [0.29, 0.717) is 65.6 Å². The van der Waals surface area contributed by atoms with Crippen LogP contribution in [0.25, 0.3) is 11.1 Å². The lowest BCUT2D eigenvalue weighted by atomic mass is 9.93. The van der Waals surface area contributed by atoms with Crippen LogP contribution >= 0.6 is 0 Å². The molecule has 0 radical (unpaired) electrons. The Balaban J connectivity index is 1.54. The minimum Gasteiger partial charge on any atom is -0.493 e. The number of anilines is 1. The smallest absolute Gasteiger partial charge is 0.242 e. The summed E-state index contributed by atoms with van der Waals surface area (Å²) in [6, 6.07) is 6.13. The molecular weight excluding hydrogens is 558 g/mol. The van der Waals surface area contributed by atoms with Crippen LogP contribution in [0.5, 0.6) is 17.2 Å². The molecule has 3 N–H and O–H groups in total. The van der Waals surface area contributed by atoms with Crippen LogP contribution in [0.1, 0.15) is 63.6 Å².